The van der Waals surface area contributed by atoms with E-state index in [9.17, 15) is 31.1 Å². The molecular weight excluding hydrogens is 382 g/mol. The van der Waals surface area contributed by atoms with E-state index in [1.807, 2.05) is 0 Å². The van der Waals surface area contributed by atoms with Gasteiger partial charge in [-0.3, -0.25) is 9.78 Å². The minimum Gasteiger partial charge on any atom is -0.364 e. The van der Waals surface area contributed by atoms with Gasteiger partial charge in [0.2, 0.25) is 0 Å². The molecule has 0 aliphatic carbocycles. The molecule has 1 amide bonds. The van der Waals surface area contributed by atoms with Gasteiger partial charge in [-0.25, -0.2) is 13.2 Å². The highest BCUT2D eigenvalue weighted by atomic mass is 32.2. The van der Waals surface area contributed by atoms with Crippen LogP contribution in [0.25, 0.3) is 0 Å². The Morgan fingerprint density at radius 3 is 2.42 bits per heavy atom. The van der Waals surface area contributed by atoms with Crippen LogP contribution in [-0.4, -0.2) is 22.8 Å². The minimum atomic E-state index is -4.47. The Morgan fingerprint density at radius 2 is 1.81 bits per heavy atom. The first-order valence-corrected chi connectivity index (χ1v) is 8.22. The van der Waals surface area contributed by atoms with E-state index in [4.69, 9.17) is 5.73 Å². The molecule has 0 spiro atoms. The van der Waals surface area contributed by atoms with Crippen LogP contribution < -0.4 is 5.73 Å². The van der Waals surface area contributed by atoms with Gasteiger partial charge in [-0.15, -0.1) is 11.8 Å². The van der Waals surface area contributed by atoms with Crippen LogP contribution in [0.3, 0.4) is 0 Å². The number of carbonyl (C=O) groups excluding carboxylic acids is 1. The van der Waals surface area contributed by atoms with Gasteiger partial charge >= 0.3 is 6.18 Å². The molecule has 0 radical (unpaired) electrons. The van der Waals surface area contributed by atoms with Crippen LogP contribution in [0, 0.1) is 17.5 Å². The zero-order valence-corrected chi connectivity index (χ0v) is 13.8. The molecule has 1 aromatic heterocycles. The predicted molar refractivity (Wildman–Crippen MR) is 84.0 cm³/mol. The third-order valence-electron chi connectivity index (χ3n) is 3.35. The van der Waals surface area contributed by atoms with Crippen LogP contribution in [0.1, 0.15) is 33.3 Å². The number of alkyl halides is 3. The van der Waals surface area contributed by atoms with E-state index >= 15 is 0 Å². The number of amides is 1. The molecule has 26 heavy (non-hydrogen) atoms. The summed E-state index contributed by atoms with van der Waals surface area (Å²) in [7, 11) is 0. The Labute approximate surface area is 148 Å². The Morgan fingerprint density at radius 1 is 1.15 bits per heavy atom. The van der Waals surface area contributed by atoms with Crippen LogP contribution >= 0.6 is 11.8 Å². The maximum Gasteiger partial charge on any atom is 0.389 e. The van der Waals surface area contributed by atoms with Crippen molar-refractivity contribution in [2.75, 3.05) is 5.75 Å². The fourth-order valence-electron chi connectivity index (χ4n) is 2.17. The number of hydrogen-bond donors (Lipinski definition) is 1. The molecule has 2 aromatic rings. The van der Waals surface area contributed by atoms with Gasteiger partial charge in [0.1, 0.15) is 11.5 Å². The predicted octanol–water partition coefficient (Wildman–Crippen LogP) is 4.37. The lowest BCUT2D eigenvalue weighted by Crippen LogP contribution is -2.15. The minimum absolute atomic E-state index is 0.0735. The van der Waals surface area contributed by atoms with Crippen LogP contribution in [0.15, 0.2) is 30.5 Å². The normalized spacial score (nSPS) is 12.8. The van der Waals surface area contributed by atoms with Crippen LogP contribution in [0.2, 0.25) is 0 Å². The second-order valence-electron chi connectivity index (χ2n) is 5.21. The highest BCUT2D eigenvalue weighted by Crippen LogP contribution is 2.40. The molecule has 1 unspecified atom stereocenters. The van der Waals surface area contributed by atoms with E-state index in [2.05, 4.69) is 4.98 Å². The second kappa shape index (κ2) is 7.98. The molecule has 1 atom stereocenters. The summed E-state index contributed by atoms with van der Waals surface area (Å²) < 4.78 is 79.1. The van der Waals surface area contributed by atoms with Gasteiger partial charge in [-0.05, 0) is 29.8 Å². The van der Waals surface area contributed by atoms with E-state index in [0.717, 1.165) is 12.3 Å². The molecular formula is C16H12F6N2OS. The van der Waals surface area contributed by atoms with Crippen molar-refractivity contribution in [3.8, 4) is 0 Å². The Bertz CT molecular complexity index is 812. The molecule has 0 saturated carbocycles. The summed E-state index contributed by atoms with van der Waals surface area (Å²) in [5.41, 5.74) is 4.20. The highest BCUT2D eigenvalue weighted by Gasteiger charge is 2.30. The maximum atomic E-state index is 14.2. The molecule has 0 aliphatic heterocycles. The van der Waals surface area contributed by atoms with E-state index in [1.54, 1.807) is 0 Å². The number of hydrogen-bond acceptors (Lipinski definition) is 3. The molecule has 0 saturated heterocycles. The lowest BCUT2D eigenvalue weighted by Gasteiger charge is -2.20. The molecule has 2 rings (SSSR count). The van der Waals surface area contributed by atoms with Crippen molar-refractivity contribution < 1.29 is 31.1 Å². The quantitative estimate of drug-likeness (QED) is 0.585. The molecule has 10 heteroatoms. The van der Waals surface area contributed by atoms with Gasteiger partial charge in [-0.2, -0.15) is 13.2 Å². The average Bonchev–Trinajstić information content (AvgIpc) is 2.56. The number of thioether (sulfide) groups is 1. The number of aromatic nitrogens is 1. The number of carbonyl (C=O) groups is 1. The fraction of sp³-hybridized carbons (Fsp3) is 0.250. The summed E-state index contributed by atoms with van der Waals surface area (Å²) in [6.45, 7) is 0. The monoisotopic (exact) mass is 394 g/mol. The lowest BCUT2D eigenvalue weighted by atomic mass is 10.0. The first kappa shape index (κ1) is 20.1. The number of rotatable bonds is 6. The van der Waals surface area contributed by atoms with E-state index in [-0.39, 0.29) is 11.3 Å². The third kappa shape index (κ3) is 4.90. The summed E-state index contributed by atoms with van der Waals surface area (Å²) >= 11 is 0.566. The standard InChI is InChI=1S/C16H12F6N2OS/c17-9-1-2-10(18)13(19)12(9)14(26-6-4-16(20,21)22)8-3-5-24-11(7-8)15(23)25/h1-3,5,7,14H,4,6H2,(H2,23,25). The summed E-state index contributed by atoms with van der Waals surface area (Å²) in [4.78, 5) is 14.9. The molecule has 2 N–H and O–H groups in total. The molecule has 0 aliphatic rings. The number of nitrogens with two attached hydrogens (primary N) is 1. The summed E-state index contributed by atoms with van der Waals surface area (Å²) in [6.07, 6.45) is -4.55. The molecule has 1 aromatic carbocycles. The molecule has 140 valence electrons. The van der Waals surface area contributed by atoms with Crippen molar-refractivity contribution in [2.45, 2.75) is 17.8 Å². The van der Waals surface area contributed by atoms with Gasteiger partial charge < -0.3 is 5.73 Å². The van der Waals surface area contributed by atoms with Crippen molar-refractivity contribution in [3.05, 3.63) is 64.7 Å². The summed E-state index contributed by atoms with van der Waals surface area (Å²) in [5, 5.41) is -1.32. The number of nitrogens with zero attached hydrogens (tertiary/aromatic N) is 1. The van der Waals surface area contributed by atoms with Gasteiger partial charge in [0, 0.05) is 17.5 Å². The van der Waals surface area contributed by atoms with Gasteiger partial charge in [0.25, 0.3) is 5.91 Å². The van der Waals surface area contributed by atoms with Crippen molar-refractivity contribution in [2.24, 2.45) is 5.73 Å². The molecule has 3 nitrogen and oxygen atoms in total. The zero-order valence-electron chi connectivity index (χ0n) is 13.0. The van der Waals surface area contributed by atoms with Crippen molar-refractivity contribution >= 4 is 17.7 Å². The highest BCUT2D eigenvalue weighted by molar-refractivity contribution is 7.99. The van der Waals surface area contributed by atoms with Gasteiger partial charge in [-0.1, -0.05) is 0 Å². The first-order valence-electron chi connectivity index (χ1n) is 7.17. The van der Waals surface area contributed by atoms with E-state index in [0.29, 0.717) is 23.9 Å². The molecule has 0 fully saturated rings. The number of benzene rings is 1. The fourth-order valence-corrected chi connectivity index (χ4v) is 3.47. The van der Waals surface area contributed by atoms with Crippen LogP contribution in [0.5, 0.6) is 0 Å². The van der Waals surface area contributed by atoms with Gasteiger partial charge in [0.15, 0.2) is 11.6 Å². The summed E-state index contributed by atoms with van der Waals surface area (Å²) in [6, 6.07) is 3.63. The third-order valence-corrected chi connectivity index (χ3v) is 4.63. The maximum absolute atomic E-state index is 14.2. The smallest absolute Gasteiger partial charge is 0.364 e. The average molecular weight is 394 g/mol. The zero-order chi connectivity index (χ0) is 19.5. The van der Waals surface area contributed by atoms with Crippen LogP contribution in [0.4, 0.5) is 26.3 Å². The van der Waals surface area contributed by atoms with Crippen molar-refractivity contribution in [1.29, 1.82) is 0 Å². The van der Waals surface area contributed by atoms with Crippen molar-refractivity contribution in [3.63, 3.8) is 0 Å². The Hall–Kier alpha value is -2.23. The number of halogens is 6. The molecule has 0 bridgehead atoms. The van der Waals surface area contributed by atoms with Gasteiger partial charge in [0.05, 0.1) is 11.7 Å². The number of pyridine rings is 1. The summed E-state index contributed by atoms with van der Waals surface area (Å²) in [5.74, 6) is -5.42. The number of primary amides is 1. The van der Waals surface area contributed by atoms with E-state index in [1.165, 1.54) is 6.07 Å². The molecule has 1 heterocycles. The lowest BCUT2D eigenvalue weighted by molar-refractivity contribution is -0.129. The SMILES string of the molecule is NC(=O)c1cc(C(SCCC(F)(F)F)c2c(F)ccc(F)c2F)ccn1. The van der Waals surface area contributed by atoms with Crippen molar-refractivity contribution in [1.82, 2.24) is 4.98 Å². The largest absolute Gasteiger partial charge is 0.389 e. The Balaban J connectivity index is 2.48. The van der Waals surface area contributed by atoms with Crippen LogP contribution in [-0.2, 0) is 0 Å². The Kier molecular flexibility index (Phi) is 6.17. The first-order chi connectivity index (χ1) is 12.1. The second-order valence-corrected chi connectivity index (χ2v) is 6.42. The topological polar surface area (TPSA) is 56.0 Å². The van der Waals surface area contributed by atoms with E-state index < -0.39 is 52.5 Å².